The minimum atomic E-state index is -1.49. The van der Waals surface area contributed by atoms with Crippen molar-refractivity contribution in [1.82, 2.24) is 5.32 Å². The van der Waals surface area contributed by atoms with Gasteiger partial charge in [0.2, 0.25) is 12.2 Å². The number of aromatic hydroxyl groups is 1. The summed E-state index contributed by atoms with van der Waals surface area (Å²) in [5.41, 5.74) is 0.890. The molecule has 3 aliphatic rings. The van der Waals surface area contributed by atoms with Crippen molar-refractivity contribution in [2.75, 3.05) is 6.79 Å². The summed E-state index contributed by atoms with van der Waals surface area (Å²) >= 11 is 0. The van der Waals surface area contributed by atoms with Gasteiger partial charge in [-0.2, -0.15) is 11.6 Å². The summed E-state index contributed by atoms with van der Waals surface area (Å²) in [6.45, 7) is 2.85. The van der Waals surface area contributed by atoms with Gasteiger partial charge < -0.3 is 59.7 Å². The normalized spacial score (nSPS) is 36.6. The van der Waals surface area contributed by atoms with E-state index in [-0.39, 0.29) is 56.6 Å². The van der Waals surface area contributed by atoms with Crippen molar-refractivity contribution in [2.24, 2.45) is 0 Å². The van der Waals surface area contributed by atoms with Gasteiger partial charge in [0.15, 0.2) is 11.5 Å². The number of benzene rings is 1. The fraction of sp³-hybridized carbons (Fsp3) is 0.520. The molecule has 0 spiro atoms. The van der Waals surface area contributed by atoms with Crippen molar-refractivity contribution in [3.8, 4) is 11.5 Å². The van der Waals surface area contributed by atoms with Gasteiger partial charge in [0.1, 0.15) is 49.5 Å². The summed E-state index contributed by atoms with van der Waals surface area (Å²) in [5, 5.41) is 64.5. The van der Waals surface area contributed by atoms with Gasteiger partial charge in [-0.1, -0.05) is 6.07 Å². The Hall–Kier alpha value is -1.78. The number of phenolic OH excluding ortho intramolecular Hbond substituents is 1. The standard InChI is InChI=1S/C25H30NO12.Y/c1-10(5-6-27)21-19(32)20(33)25(38-21)37-14-4-3-12(8-13(14)28)7-11(2)24(34)26-15-16(29)18(31)23-22(17(15)30)35-9-36-23;/h3-5,7-8,15-23,25,28-33H,9H2,1-2H3,(H,26,34);/q-1;/b10-5+,11-7+;/t15-,16+,17-,18-,19+,20+,21-,22+,23-,25-;/m1./s1. The van der Waals surface area contributed by atoms with E-state index < -0.39 is 67.1 Å². The molecule has 3 fully saturated rings. The maximum Gasteiger partial charge on any atom is 0.247 e. The van der Waals surface area contributed by atoms with Crippen LogP contribution in [-0.2, 0) is 56.5 Å². The first-order chi connectivity index (χ1) is 18.0. The van der Waals surface area contributed by atoms with Crippen LogP contribution < -0.4 is 10.1 Å². The Balaban J connectivity index is 0.00000420. The van der Waals surface area contributed by atoms with Crippen LogP contribution in [0.25, 0.3) is 6.08 Å². The van der Waals surface area contributed by atoms with Crippen molar-refractivity contribution in [2.45, 2.75) is 75.0 Å². The third-order valence-corrected chi connectivity index (χ3v) is 6.82. The van der Waals surface area contributed by atoms with E-state index in [1.165, 1.54) is 38.1 Å². The monoisotopic (exact) mass is 625 g/mol. The minimum absolute atomic E-state index is 0. The van der Waals surface area contributed by atoms with E-state index in [1.807, 2.05) is 0 Å². The van der Waals surface area contributed by atoms with Crippen LogP contribution in [0.3, 0.4) is 0 Å². The van der Waals surface area contributed by atoms with Crippen molar-refractivity contribution in [3.63, 3.8) is 0 Å². The van der Waals surface area contributed by atoms with E-state index in [1.54, 1.807) is 6.29 Å². The maximum atomic E-state index is 12.7. The van der Waals surface area contributed by atoms with Gasteiger partial charge in [-0.15, -0.1) is 6.92 Å². The number of hydrogen-bond donors (Lipinski definition) is 7. The quantitative estimate of drug-likeness (QED) is 0.130. The van der Waals surface area contributed by atoms with E-state index in [9.17, 15) is 40.2 Å². The smallest absolute Gasteiger partial charge is 0.247 e. The molecule has 4 rings (SSSR count). The molecule has 1 aromatic rings. The number of carbonyl (C=O) groups is 1. The zero-order valence-corrected chi connectivity index (χ0v) is 23.9. The van der Waals surface area contributed by atoms with Crippen LogP contribution >= 0.6 is 0 Å². The number of carbonyl (C=O) groups excluding carboxylic acids is 2. The summed E-state index contributed by atoms with van der Waals surface area (Å²) in [6.07, 6.45) is -7.07. The fourth-order valence-electron chi connectivity index (χ4n) is 4.68. The molecule has 1 aromatic carbocycles. The van der Waals surface area contributed by atoms with E-state index >= 15 is 0 Å². The predicted octanol–water partition coefficient (Wildman–Crippen LogP) is -2.00. The second-order valence-electron chi connectivity index (χ2n) is 9.44. The number of rotatable bonds is 7. The Morgan fingerprint density at radius 3 is 2.33 bits per heavy atom. The minimum Gasteiger partial charge on any atom is -0.504 e. The van der Waals surface area contributed by atoms with Crippen molar-refractivity contribution >= 4 is 18.3 Å². The van der Waals surface area contributed by atoms with E-state index in [2.05, 4.69) is 5.32 Å². The van der Waals surface area contributed by atoms with Gasteiger partial charge in [-0.3, -0.25) is 4.79 Å². The molecule has 7 N–H and O–H groups in total. The first kappa shape index (κ1) is 31.7. The Labute approximate surface area is 248 Å². The Kier molecular flexibility index (Phi) is 10.8. The number of fused-ring (bicyclic) bond motifs is 1. The summed E-state index contributed by atoms with van der Waals surface area (Å²) in [6, 6.07) is 2.95. The number of phenols is 1. The Bertz CT molecular complexity index is 1110. The molecule has 10 atom stereocenters. The molecular formula is C25H30NO12Y-. The molecule has 39 heavy (non-hydrogen) atoms. The van der Waals surface area contributed by atoms with Gasteiger partial charge in [-0.25, -0.2) is 0 Å². The molecule has 2 heterocycles. The zero-order chi connectivity index (χ0) is 27.7. The molecule has 1 saturated carbocycles. The van der Waals surface area contributed by atoms with Gasteiger partial charge in [-0.05, 0) is 37.0 Å². The topological polar surface area (TPSA) is 204 Å². The zero-order valence-electron chi connectivity index (χ0n) is 21.1. The van der Waals surface area contributed by atoms with E-state index in [0.29, 0.717) is 11.1 Å². The first-order valence-electron chi connectivity index (χ1n) is 11.9. The molecule has 2 aliphatic heterocycles. The molecule has 14 heteroatoms. The summed E-state index contributed by atoms with van der Waals surface area (Å²) in [7, 11) is 0. The molecule has 0 unspecified atom stereocenters. The second-order valence-corrected chi connectivity index (χ2v) is 9.44. The third-order valence-electron chi connectivity index (χ3n) is 6.82. The summed E-state index contributed by atoms with van der Waals surface area (Å²) in [5.74, 6) is -1.06. The van der Waals surface area contributed by atoms with Crippen LogP contribution in [0.4, 0.5) is 0 Å². The number of nitrogens with one attached hydrogen (secondary N) is 1. The molecule has 1 amide bonds. The molecular weight excluding hydrogens is 595 g/mol. The Morgan fingerprint density at radius 1 is 1.03 bits per heavy atom. The number of hydrogen-bond acceptors (Lipinski definition) is 12. The van der Waals surface area contributed by atoms with E-state index in [4.69, 9.17) is 18.9 Å². The van der Waals surface area contributed by atoms with Crippen LogP contribution in [0.1, 0.15) is 19.4 Å². The largest absolute Gasteiger partial charge is 0.504 e. The predicted molar refractivity (Wildman–Crippen MR) is 127 cm³/mol. The van der Waals surface area contributed by atoms with Gasteiger partial charge in [0.25, 0.3) is 0 Å². The van der Waals surface area contributed by atoms with Crippen LogP contribution in [-0.4, -0.2) is 111 Å². The number of ether oxygens (including phenoxy) is 4. The van der Waals surface area contributed by atoms with Crippen molar-refractivity contribution in [3.05, 3.63) is 41.0 Å². The third kappa shape index (κ3) is 6.59. The Morgan fingerprint density at radius 2 is 1.69 bits per heavy atom. The molecule has 2 saturated heterocycles. The molecule has 13 nitrogen and oxygen atoms in total. The SMILES string of the molecule is C/C(=C\c1ccc(O[C@@H]2O[C@H](/C(C)=C/[C-]=O)[C@@H](O)[C@@H]2O)c(O)c1)C(=O)N[C@@H]1[C@H](O)[C@@H](O)[C@H]2OCO[C@H]2[C@@H]1O.[Y]. The molecule has 1 aliphatic carbocycles. The van der Waals surface area contributed by atoms with Crippen LogP contribution in [0.15, 0.2) is 35.4 Å². The number of aliphatic hydroxyl groups is 5. The van der Waals surface area contributed by atoms with Crippen molar-refractivity contribution in [1.29, 1.82) is 0 Å². The van der Waals surface area contributed by atoms with Crippen LogP contribution in [0.5, 0.6) is 11.5 Å². The average molecular weight is 625 g/mol. The van der Waals surface area contributed by atoms with Gasteiger partial charge >= 0.3 is 0 Å². The number of allylic oxidation sites excluding steroid dienone is 1. The van der Waals surface area contributed by atoms with Crippen LogP contribution in [0, 0.1) is 0 Å². The molecule has 1 radical (unpaired) electrons. The maximum absolute atomic E-state index is 12.7. The van der Waals surface area contributed by atoms with E-state index in [0.717, 1.165) is 6.08 Å². The molecule has 0 aromatic heterocycles. The molecule has 0 bridgehead atoms. The average Bonchev–Trinajstić information content (AvgIpc) is 3.48. The van der Waals surface area contributed by atoms with Gasteiger partial charge in [0.05, 0.1) is 6.04 Å². The molecule has 211 valence electrons. The van der Waals surface area contributed by atoms with Crippen LogP contribution in [0.2, 0.25) is 0 Å². The number of aliphatic hydroxyl groups excluding tert-OH is 5. The first-order valence-corrected chi connectivity index (χ1v) is 11.9. The fourth-order valence-corrected chi connectivity index (χ4v) is 4.68. The second kappa shape index (κ2) is 13.3. The number of amides is 1. The van der Waals surface area contributed by atoms with Gasteiger partial charge in [0, 0.05) is 44.4 Å². The van der Waals surface area contributed by atoms with Crippen molar-refractivity contribution < 1.29 is 91.9 Å². The summed E-state index contributed by atoms with van der Waals surface area (Å²) in [4.78, 5) is 23.3. The summed E-state index contributed by atoms with van der Waals surface area (Å²) < 4.78 is 21.5.